The molecule has 4 atom stereocenters. The molecule has 300 valence electrons. The number of anilines is 1. The summed E-state index contributed by atoms with van der Waals surface area (Å²) >= 11 is 0. The maximum Gasteiger partial charge on any atom is 0.319 e. The minimum Gasteiger partial charge on any atom is -0.467 e. The topological polar surface area (TPSA) is 168 Å². The summed E-state index contributed by atoms with van der Waals surface area (Å²) in [5.74, 6) is 0.338. The molecule has 0 radical (unpaired) electrons. The first-order valence-electron chi connectivity index (χ1n) is 20.3. The normalized spacial score (nSPS) is 19.4. The van der Waals surface area contributed by atoms with Crippen LogP contribution in [-0.2, 0) is 0 Å². The van der Waals surface area contributed by atoms with Gasteiger partial charge in [0.25, 0.3) is 5.91 Å². The first kappa shape index (κ1) is 43.2. The van der Waals surface area contributed by atoms with Crippen molar-refractivity contribution in [3.8, 4) is 6.01 Å². The van der Waals surface area contributed by atoms with E-state index in [1.807, 2.05) is 36.4 Å². The van der Waals surface area contributed by atoms with Gasteiger partial charge in [-0.3, -0.25) is 10.2 Å². The number of rotatable bonds is 17. The number of nitrogens with two attached hydrogens (primary N) is 2. The van der Waals surface area contributed by atoms with E-state index in [2.05, 4.69) is 89.5 Å². The predicted molar refractivity (Wildman–Crippen MR) is 226 cm³/mol. The molecule has 0 saturated heterocycles. The number of nitrogens with zero attached hydrogens (tertiary/aromatic N) is 5. The third-order valence-corrected chi connectivity index (χ3v) is 10.9. The number of allylic oxidation sites excluding steroid dienone is 4. The molecule has 6 N–H and O–H groups in total. The Morgan fingerprint density at radius 3 is 1.98 bits per heavy atom. The fourth-order valence-corrected chi connectivity index (χ4v) is 7.43. The molecule has 1 heterocycles. The molecule has 1 aromatic carbocycles. The number of hydrogen-bond acceptors (Lipinski definition) is 10. The van der Waals surface area contributed by atoms with Crippen molar-refractivity contribution in [1.29, 1.82) is 5.41 Å². The Morgan fingerprint density at radius 1 is 0.873 bits per heavy atom. The summed E-state index contributed by atoms with van der Waals surface area (Å²) in [4.78, 5) is 30.3. The van der Waals surface area contributed by atoms with E-state index in [0.717, 1.165) is 68.3 Å². The first-order valence-corrected chi connectivity index (χ1v) is 20.3. The predicted octanol–water partition coefficient (Wildman–Crippen LogP) is 9.26. The van der Waals surface area contributed by atoms with Gasteiger partial charge in [-0.15, -0.1) is 0 Å². The average Bonchev–Trinajstić information content (AvgIpc) is 3.66. The summed E-state index contributed by atoms with van der Waals surface area (Å²) < 4.78 is 5.52. The van der Waals surface area contributed by atoms with Crippen LogP contribution in [0, 0.1) is 22.2 Å². The molecule has 55 heavy (non-hydrogen) atoms. The van der Waals surface area contributed by atoms with Gasteiger partial charge in [0.2, 0.25) is 0 Å². The molecule has 0 saturated carbocycles. The van der Waals surface area contributed by atoms with Crippen molar-refractivity contribution in [2.45, 2.75) is 138 Å². The van der Waals surface area contributed by atoms with Crippen molar-refractivity contribution in [1.82, 2.24) is 19.9 Å². The zero-order valence-electron chi connectivity index (χ0n) is 35.3. The fraction of sp³-hybridized carbons (Fsp3) is 0.591. The number of carbonyl (C=O) groups excluding carboxylic acids is 1. The second kappa shape index (κ2) is 18.4. The SMILES string of the molecule is CCCCC(CC)CN(C(=O)c1ccc(NN=C2C(=N)C(c3nc(OC)nc(C4C=C(C(C)(C)C)C(N)=C4N)n3)C=C2C(C)(C)C)cc1)C(CC)CCCC. The van der Waals surface area contributed by atoms with Crippen molar-refractivity contribution in [2.24, 2.45) is 33.3 Å². The third-order valence-electron chi connectivity index (χ3n) is 10.9. The van der Waals surface area contributed by atoms with Crippen LogP contribution in [-0.4, -0.2) is 56.9 Å². The molecule has 0 fully saturated rings. The van der Waals surface area contributed by atoms with Gasteiger partial charge >= 0.3 is 6.01 Å². The molecule has 0 bridgehead atoms. The number of hydrazone groups is 1. The molecule has 0 aliphatic heterocycles. The van der Waals surface area contributed by atoms with Crippen LogP contribution in [0.2, 0.25) is 0 Å². The molecule has 2 aliphatic rings. The van der Waals surface area contributed by atoms with Crippen molar-refractivity contribution < 1.29 is 9.53 Å². The molecule has 0 spiro atoms. The lowest BCUT2D eigenvalue weighted by molar-refractivity contribution is 0.0613. The van der Waals surface area contributed by atoms with Crippen LogP contribution in [0.25, 0.3) is 0 Å². The standard InChI is InChI=1S/C44H67N9O2/c1-12-16-18-27(14-3)26-53(30(15-4)19-17-13-2)41(54)28-20-22-29(23-21-28)51-52-38-34(44(8,9)10)25-32(36(38)46)40-48-39(49-42(50-40)55-11)31-24-33(43(5,6)7)37(47)35(31)45/h20-25,27,30-32,46,51H,12-19,26,45,47H2,1-11H3. The van der Waals surface area contributed by atoms with Crippen LogP contribution >= 0.6 is 0 Å². The molecule has 11 nitrogen and oxygen atoms in total. The number of benzene rings is 1. The first-order chi connectivity index (χ1) is 26.0. The van der Waals surface area contributed by atoms with Gasteiger partial charge in [-0.1, -0.05) is 113 Å². The van der Waals surface area contributed by atoms with Crippen LogP contribution < -0.4 is 21.6 Å². The highest BCUT2D eigenvalue weighted by Crippen LogP contribution is 2.42. The number of carbonyl (C=O) groups is 1. The summed E-state index contributed by atoms with van der Waals surface area (Å²) in [6.45, 7) is 22.2. The lowest BCUT2D eigenvalue weighted by atomic mass is 9.85. The summed E-state index contributed by atoms with van der Waals surface area (Å²) in [5, 5.41) is 14.1. The van der Waals surface area contributed by atoms with Crippen molar-refractivity contribution in [2.75, 3.05) is 19.1 Å². The number of aromatic nitrogens is 3. The van der Waals surface area contributed by atoms with E-state index in [9.17, 15) is 10.2 Å². The Bertz CT molecular complexity index is 1790. The number of hydrogen-bond donors (Lipinski definition) is 4. The molecular weight excluding hydrogens is 687 g/mol. The summed E-state index contributed by atoms with van der Waals surface area (Å²) in [6.07, 6.45) is 12.8. The van der Waals surface area contributed by atoms with Crippen LogP contribution in [0.15, 0.2) is 64.1 Å². The molecule has 4 rings (SSSR count). The average molecular weight is 754 g/mol. The van der Waals surface area contributed by atoms with Gasteiger partial charge in [0.05, 0.1) is 36.0 Å². The summed E-state index contributed by atoms with van der Waals surface area (Å²) in [5.41, 5.74) is 20.7. The zero-order chi connectivity index (χ0) is 40.7. The lowest BCUT2D eigenvalue weighted by Gasteiger charge is -2.34. The molecule has 1 aromatic heterocycles. The number of methoxy groups -OCH3 is 1. The number of ether oxygens (including phenoxy) is 1. The summed E-state index contributed by atoms with van der Waals surface area (Å²) in [7, 11) is 1.51. The molecule has 11 heteroatoms. The van der Waals surface area contributed by atoms with Gasteiger partial charge in [-0.2, -0.15) is 15.1 Å². The highest BCUT2D eigenvalue weighted by Gasteiger charge is 2.39. The lowest BCUT2D eigenvalue weighted by Crippen LogP contribution is -2.43. The van der Waals surface area contributed by atoms with Gasteiger partial charge in [0, 0.05) is 23.8 Å². The minimum atomic E-state index is -0.588. The van der Waals surface area contributed by atoms with E-state index in [-0.39, 0.29) is 34.5 Å². The second-order valence-corrected chi connectivity index (χ2v) is 17.2. The largest absolute Gasteiger partial charge is 0.467 e. The highest BCUT2D eigenvalue weighted by atomic mass is 16.5. The van der Waals surface area contributed by atoms with Gasteiger partial charge < -0.3 is 26.5 Å². The van der Waals surface area contributed by atoms with Gasteiger partial charge in [0.1, 0.15) is 17.4 Å². The molecule has 2 aromatic rings. The van der Waals surface area contributed by atoms with Crippen LogP contribution in [0.3, 0.4) is 0 Å². The molecule has 4 unspecified atom stereocenters. The molecular formula is C44H67N9O2. The Hall–Kier alpha value is -4.54. The van der Waals surface area contributed by atoms with Gasteiger partial charge in [-0.25, -0.2) is 4.98 Å². The quantitative estimate of drug-likeness (QED) is 0.116. The third kappa shape index (κ3) is 10.2. The Balaban J connectivity index is 1.61. The maximum absolute atomic E-state index is 14.1. The van der Waals surface area contributed by atoms with Crippen LogP contribution in [0.1, 0.15) is 154 Å². The van der Waals surface area contributed by atoms with Gasteiger partial charge in [0.15, 0.2) is 0 Å². The Labute approximate surface area is 330 Å². The van der Waals surface area contributed by atoms with E-state index >= 15 is 0 Å². The van der Waals surface area contributed by atoms with E-state index in [0.29, 0.717) is 40.2 Å². The van der Waals surface area contributed by atoms with E-state index < -0.39 is 11.8 Å². The van der Waals surface area contributed by atoms with Gasteiger partial charge in [-0.05, 0) is 71.4 Å². The van der Waals surface area contributed by atoms with E-state index in [1.54, 1.807) is 0 Å². The van der Waals surface area contributed by atoms with Crippen molar-refractivity contribution in [3.05, 3.63) is 76.2 Å². The zero-order valence-corrected chi connectivity index (χ0v) is 35.3. The van der Waals surface area contributed by atoms with Crippen molar-refractivity contribution >= 4 is 23.0 Å². The maximum atomic E-state index is 14.1. The number of nitrogens with one attached hydrogen (secondary N) is 2. The minimum absolute atomic E-state index is 0.0870. The van der Waals surface area contributed by atoms with Crippen LogP contribution in [0.5, 0.6) is 6.01 Å². The molecule has 1 amide bonds. The Morgan fingerprint density at radius 2 is 1.45 bits per heavy atom. The number of amides is 1. The number of unbranched alkanes of at least 4 members (excludes halogenated alkanes) is 2. The van der Waals surface area contributed by atoms with E-state index in [4.69, 9.17) is 26.3 Å². The fourth-order valence-electron chi connectivity index (χ4n) is 7.43. The smallest absolute Gasteiger partial charge is 0.319 e. The Kier molecular flexibility index (Phi) is 14.4. The molecule has 2 aliphatic carbocycles. The summed E-state index contributed by atoms with van der Waals surface area (Å²) in [6, 6.07) is 7.91. The van der Waals surface area contributed by atoms with E-state index in [1.165, 1.54) is 13.5 Å². The monoisotopic (exact) mass is 754 g/mol. The van der Waals surface area contributed by atoms with Crippen LogP contribution in [0.4, 0.5) is 5.69 Å². The van der Waals surface area contributed by atoms with Crippen molar-refractivity contribution in [3.63, 3.8) is 0 Å². The second-order valence-electron chi connectivity index (χ2n) is 17.2. The highest BCUT2D eigenvalue weighted by molar-refractivity contribution is 6.52.